The van der Waals surface area contributed by atoms with E-state index in [-0.39, 0.29) is 0 Å². The first-order valence-corrected chi connectivity index (χ1v) is 8.28. The quantitative estimate of drug-likeness (QED) is 0.943. The lowest BCUT2D eigenvalue weighted by atomic mass is 10.2. The molecule has 0 saturated carbocycles. The summed E-state index contributed by atoms with van der Waals surface area (Å²) in [6, 6.07) is 8.05. The van der Waals surface area contributed by atoms with Crippen molar-refractivity contribution in [2.45, 2.75) is 13.5 Å². The fourth-order valence-electron chi connectivity index (χ4n) is 2.57. The predicted octanol–water partition coefficient (Wildman–Crippen LogP) is 2.89. The molecule has 1 aliphatic heterocycles. The molecule has 1 saturated heterocycles. The number of hydrogen-bond acceptors (Lipinski definition) is 5. The van der Waals surface area contributed by atoms with Gasteiger partial charge >= 0.3 is 0 Å². The van der Waals surface area contributed by atoms with Crippen LogP contribution in [0.4, 0.5) is 10.8 Å². The molecule has 0 unspecified atom stereocenters. The molecule has 0 atom stereocenters. The summed E-state index contributed by atoms with van der Waals surface area (Å²) < 4.78 is 0. The lowest BCUT2D eigenvalue weighted by Crippen LogP contribution is -2.46. The molecule has 4 nitrogen and oxygen atoms in total. The summed E-state index contributed by atoms with van der Waals surface area (Å²) in [6.45, 7) is 6.53. The van der Waals surface area contributed by atoms with Crippen LogP contribution in [0.25, 0.3) is 0 Å². The zero-order chi connectivity index (χ0) is 14.8. The molecular formula is C15H19ClN4S. The Morgan fingerprint density at radius 1 is 1.24 bits per heavy atom. The number of anilines is 2. The van der Waals surface area contributed by atoms with Crippen LogP contribution >= 0.6 is 22.9 Å². The second kappa shape index (κ2) is 6.22. The lowest BCUT2D eigenvalue weighted by Gasteiger charge is -2.36. The molecule has 2 heterocycles. The van der Waals surface area contributed by atoms with Gasteiger partial charge in [0.2, 0.25) is 0 Å². The molecule has 2 N–H and O–H groups in total. The summed E-state index contributed by atoms with van der Waals surface area (Å²) in [5.41, 5.74) is 8.00. The van der Waals surface area contributed by atoms with Crippen LogP contribution in [-0.4, -0.2) is 31.2 Å². The highest BCUT2D eigenvalue weighted by molar-refractivity contribution is 7.15. The van der Waals surface area contributed by atoms with Crippen LogP contribution in [0.5, 0.6) is 0 Å². The normalized spacial score (nSPS) is 15.6. The van der Waals surface area contributed by atoms with E-state index in [1.54, 1.807) is 11.3 Å². The molecule has 1 fully saturated rings. The Morgan fingerprint density at radius 2 is 1.95 bits per heavy atom. The minimum Gasteiger partial charge on any atom is -0.368 e. The van der Waals surface area contributed by atoms with Crippen molar-refractivity contribution < 1.29 is 0 Å². The Hall–Kier alpha value is -1.30. The van der Waals surface area contributed by atoms with Crippen LogP contribution < -0.4 is 15.5 Å². The Morgan fingerprint density at radius 3 is 2.57 bits per heavy atom. The van der Waals surface area contributed by atoms with Gasteiger partial charge in [-0.3, -0.25) is 0 Å². The van der Waals surface area contributed by atoms with Gasteiger partial charge in [-0.2, -0.15) is 0 Å². The van der Waals surface area contributed by atoms with Crippen LogP contribution in [0.3, 0.4) is 0 Å². The summed E-state index contributed by atoms with van der Waals surface area (Å²) in [5, 5.41) is 1.89. The minimum atomic E-state index is 0.575. The molecule has 1 aromatic carbocycles. The standard InChI is InChI=1S/C15H19ClN4S/c1-11-14(10-17)21-15(18-11)20-7-5-19(6-8-20)13-4-2-3-12(16)9-13/h2-4,9H,5-8,10,17H2,1H3. The van der Waals surface area contributed by atoms with E-state index < -0.39 is 0 Å². The van der Waals surface area contributed by atoms with E-state index in [1.807, 2.05) is 25.1 Å². The summed E-state index contributed by atoms with van der Waals surface area (Å²) in [5.74, 6) is 0. The van der Waals surface area contributed by atoms with E-state index in [2.05, 4.69) is 20.9 Å². The molecule has 6 heteroatoms. The van der Waals surface area contributed by atoms with Gasteiger partial charge in [-0.25, -0.2) is 4.98 Å². The number of aryl methyl sites for hydroxylation is 1. The molecule has 112 valence electrons. The first kappa shape index (κ1) is 14.6. The predicted molar refractivity (Wildman–Crippen MR) is 90.6 cm³/mol. The fraction of sp³-hybridized carbons (Fsp3) is 0.400. The van der Waals surface area contributed by atoms with Crippen molar-refractivity contribution in [1.29, 1.82) is 0 Å². The Bertz CT molecular complexity index is 620. The number of thiazole rings is 1. The number of hydrogen-bond donors (Lipinski definition) is 1. The van der Waals surface area contributed by atoms with Gasteiger partial charge in [0.05, 0.1) is 5.69 Å². The van der Waals surface area contributed by atoms with Crippen LogP contribution in [0.2, 0.25) is 5.02 Å². The van der Waals surface area contributed by atoms with E-state index >= 15 is 0 Å². The highest BCUT2D eigenvalue weighted by Gasteiger charge is 2.20. The summed E-state index contributed by atoms with van der Waals surface area (Å²) in [7, 11) is 0. The van der Waals surface area contributed by atoms with Gasteiger partial charge in [0.25, 0.3) is 0 Å². The molecule has 0 aliphatic carbocycles. The first-order chi connectivity index (χ1) is 10.2. The molecule has 1 aromatic heterocycles. The zero-order valence-corrected chi connectivity index (χ0v) is 13.6. The third kappa shape index (κ3) is 3.15. The van der Waals surface area contributed by atoms with Gasteiger partial charge in [0.1, 0.15) is 0 Å². The van der Waals surface area contributed by atoms with Gasteiger partial charge in [-0.15, -0.1) is 11.3 Å². The largest absolute Gasteiger partial charge is 0.368 e. The van der Waals surface area contributed by atoms with Crippen molar-refractivity contribution in [3.63, 3.8) is 0 Å². The van der Waals surface area contributed by atoms with Gasteiger partial charge in [0.15, 0.2) is 5.13 Å². The van der Waals surface area contributed by atoms with E-state index in [1.165, 1.54) is 10.6 Å². The maximum atomic E-state index is 6.07. The van der Waals surface area contributed by atoms with E-state index in [0.29, 0.717) is 6.54 Å². The van der Waals surface area contributed by atoms with Crippen molar-refractivity contribution in [2.75, 3.05) is 36.0 Å². The maximum Gasteiger partial charge on any atom is 0.185 e. The Kier molecular flexibility index (Phi) is 4.33. The summed E-state index contributed by atoms with van der Waals surface area (Å²) >= 11 is 7.78. The number of nitrogens with zero attached hydrogens (tertiary/aromatic N) is 3. The van der Waals surface area contributed by atoms with Gasteiger partial charge in [-0.05, 0) is 25.1 Å². The van der Waals surface area contributed by atoms with Crippen molar-refractivity contribution >= 4 is 33.8 Å². The minimum absolute atomic E-state index is 0.575. The number of rotatable bonds is 3. The molecule has 0 spiro atoms. The summed E-state index contributed by atoms with van der Waals surface area (Å²) in [6.07, 6.45) is 0. The number of halogens is 1. The number of benzene rings is 1. The second-order valence-corrected chi connectivity index (χ2v) is 6.66. The Balaban J connectivity index is 1.67. The first-order valence-electron chi connectivity index (χ1n) is 7.09. The van der Waals surface area contributed by atoms with Crippen LogP contribution in [0.1, 0.15) is 10.6 Å². The third-order valence-electron chi connectivity index (χ3n) is 3.79. The van der Waals surface area contributed by atoms with Crippen LogP contribution in [0, 0.1) is 6.92 Å². The molecule has 1 aliphatic rings. The highest BCUT2D eigenvalue weighted by Crippen LogP contribution is 2.28. The summed E-state index contributed by atoms with van der Waals surface area (Å²) in [4.78, 5) is 10.5. The van der Waals surface area contributed by atoms with E-state index in [9.17, 15) is 0 Å². The molecule has 0 bridgehead atoms. The van der Waals surface area contributed by atoms with Gasteiger partial charge < -0.3 is 15.5 Å². The lowest BCUT2D eigenvalue weighted by molar-refractivity contribution is 0.651. The molecule has 21 heavy (non-hydrogen) atoms. The monoisotopic (exact) mass is 322 g/mol. The number of aromatic nitrogens is 1. The van der Waals surface area contributed by atoms with Crippen molar-refractivity contribution in [1.82, 2.24) is 4.98 Å². The number of piperazine rings is 1. The van der Waals surface area contributed by atoms with E-state index in [0.717, 1.165) is 42.0 Å². The maximum absolute atomic E-state index is 6.07. The smallest absolute Gasteiger partial charge is 0.185 e. The fourth-order valence-corrected chi connectivity index (χ4v) is 3.74. The average molecular weight is 323 g/mol. The molecule has 0 radical (unpaired) electrons. The molecule has 3 rings (SSSR count). The average Bonchev–Trinajstić information content (AvgIpc) is 2.88. The zero-order valence-electron chi connectivity index (χ0n) is 12.1. The van der Waals surface area contributed by atoms with Gasteiger partial charge in [0, 0.05) is 48.3 Å². The highest BCUT2D eigenvalue weighted by atomic mass is 35.5. The van der Waals surface area contributed by atoms with Crippen LogP contribution in [-0.2, 0) is 6.54 Å². The molecule has 0 amide bonds. The number of nitrogens with two attached hydrogens (primary N) is 1. The van der Waals surface area contributed by atoms with Crippen molar-refractivity contribution in [2.24, 2.45) is 5.73 Å². The van der Waals surface area contributed by atoms with Crippen LogP contribution in [0.15, 0.2) is 24.3 Å². The van der Waals surface area contributed by atoms with E-state index in [4.69, 9.17) is 17.3 Å². The molecular weight excluding hydrogens is 304 g/mol. The topological polar surface area (TPSA) is 45.4 Å². The van der Waals surface area contributed by atoms with Crippen molar-refractivity contribution in [3.05, 3.63) is 39.9 Å². The molecule has 2 aromatic rings. The SMILES string of the molecule is Cc1nc(N2CCN(c3cccc(Cl)c3)CC2)sc1CN. The second-order valence-electron chi connectivity index (χ2n) is 5.16. The third-order valence-corrected chi connectivity index (χ3v) is 5.27. The van der Waals surface area contributed by atoms with Crippen molar-refractivity contribution in [3.8, 4) is 0 Å². The van der Waals surface area contributed by atoms with Gasteiger partial charge in [-0.1, -0.05) is 17.7 Å². The Labute approximate surface area is 134 Å².